The molecule has 0 fully saturated rings. The highest BCUT2D eigenvalue weighted by Crippen LogP contribution is 2.12. The number of benzene rings is 1. The van der Waals surface area contributed by atoms with Crippen molar-refractivity contribution in [1.82, 2.24) is 4.90 Å². The highest BCUT2D eigenvalue weighted by molar-refractivity contribution is 5.15. The molecule has 0 aliphatic heterocycles. The van der Waals surface area contributed by atoms with Crippen molar-refractivity contribution < 1.29 is 4.39 Å². The third-order valence-electron chi connectivity index (χ3n) is 3.16. The molecule has 0 saturated carbocycles. The highest BCUT2D eigenvalue weighted by Gasteiger charge is 2.13. The first-order chi connectivity index (χ1) is 8.02. The van der Waals surface area contributed by atoms with E-state index in [9.17, 15) is 4.39 Å². The Morgan fingerprint density at radius 1 is 1.24 bits per heavy atom. The second kappa shape index (κ2) is 6.72. The van der Waals surface area contributed by atoms with Gasteiger partial charge in [-0.1, -0.05) is 26.0 Å². The fraction of sp³-hybridized carbons (Fsp3) is 0.571. The molecule has 2 nitrogen and oxygen atoms in total. The molecule has 96 valence electrons. The zero-order valence-electron chi connectivity index (χ0n) is 11.0. The largest absolute Gasteiger partial charge is 0.330 e. The molecule has 1 unspecified atom stereocenters. The van der Waals surface area contributed by atoms with Crippen LogP contribution in [0.1, 0.15) is 19.4 Å². The summed E-state index contributed by atoms with van der Waals surface area (Å²) in [6, 6.07) is 6.68. The Kier molecular flexibility index (Phi) is 5.59. The fourth-order valence-electron chi connectivity index (χ4n) is 1.92. The lowest BCUT2D eigenvalue weighted by Crippen LogP contribution is -2.32. The first-order valence-electron chi connectivity index (χ1n) is 6.16. The molecule has 1 aromatic rings. The molecule has 0 spiro atoms. The van der Waals surface area contributed by atoms with Gasteiger partial charge in [0.15, 0.2) is 0 Å². The molecule has 1 atom stereocenters. The molecule has 0 amide bonds. The van der Waals surface area contributed by atoms with Crippen LogP contribution in [0, 0.1) is 17.7 Å². The van der Waals surface area contributed by atoms with Gasteiger partial charge >= 0.3 is 0 Å². The third kappa shape index (κ3) is 4.84. The zero-order valence-corrected chi connectivity index (χ0v) is 11.0. The average molecular weight is 238 g/mol. The van der Waals surface area contributed by atoms with E-state index in [-0.39, 0.29) is 5.82 Å². The molecular formula is C14H23FN2. The van der Waals surface area contributed by atoms with Gasteiger partial charge in [0.05, 0.1) is 0 Å². The van der Waals surface area contributed by atoms with E-state index in [0.29, 0.717) is 18.4 Å². The predicted octanol–water partition coefficient (Wildman–Crippen LogP) is 2.49. The van der Waals surface area contributed by atoms with Gasteiger partial charge < -0.3 is 10.6 Å². The van der Waals surface area contributed by atoms with Gasteiger partial charge in [-0.05, 0) is 43.1 Å². The number of hydrogen-bond acceptors (Lipinski definition) is 2. The van der Waals surface area contributed by atoms with Gasteiger partial charge in [-0.25, -0.2) is 4.39 Å². The number of rotatable bonds is 6. The van der Waals surface area contributed by atoms with Crippen molar-refractivity contribution in [2.45, 2.75) is 20.4 Å². The zero-order chi connectivity index (χ0) is 12.8. The van der Waals surface area contributed by atoms with E-state index in [1.807, 2.05) is 12.1 Å². The van der Waals surface area contributed by atoms with Crippen LogP contribution in [0.3, 0.4) is 0 Å². The molecule has 0 aliphatic rings. The van der Waals surface area contributed by atoms with E-state index in [1.54, 1.807) is 0 Å². The van der Waals surface area contributed by atoms with Gasteiger partial charge in [0.25, 0.3) is 0 Å². The summed E-state index contributed by atoms with van der Waals surface area (Å²) in [5.74, 6) is 0.925. The SMILES string of the molecule is CC(C)C(CN)CN(C)Cc1ccc(F)cc1. The Hall–Kier alpha value is -0.930. The summed E-state index contributed by atoms with van der Waals surface area (Å²) in [4.78, 5) is 2.24. The molecular weight excluding hydrogens is 215 g/mol. The number of halogens is 1. The van der Waals surface area contributed by atoms with Crippen molar-refractivity contribution in [2.24, 2.45) is 17.6 Å². The maximum Gasteiger partial charge on any atom is 0.123 e. The summed E-state index contributed by atoms with van der Waals surface area (Å²) in [7, 11) is 2.08. The first-order valence-corrected chi connectivity index (χ1v) is 6.16. The van der Waals surface area contributed by atoms with Crippen molar-refractivity contribution in [1.29, 1.82) is 0 Å². The van der Waals surface area contributed by atoms with Gasteiger partial charge in [0, 0.05) is 13.1 Å². The molecule has 0 aromatic heterocycles. The lowest BCUT2D eigenvalue weighted by molar-refractivity contribution is 0.234. The lowest BCUT2D eigenvalue weighted by atomic mass is 9.95. The third-order valence-corrected chi connectivity index (χ3v) is 3.16. The molecule has 0 bridgehead atoms. The molecule has 0 radical (unpaired) electrons. The van der Waals surface area contributed by atoms with Gasteiger partial charge in [-0.15, -0.1) is 0 Å². The molecule has 0 aliphatic carbocycles. The van der Waals surface area contributed by atoms with Crippen LogP contribution in [0.15, 0.2) is 24.3 Å². The van der Waals surface area contributed by atoms with E-state index in [1.165, 1.54) is 12.1 Å². The van der Waals surface area contributed by atoms with Crippen molar-refractivity contribution >= 4 is 0 Å². The van der Waals surface area contributed by atoms with E-state index in [0.717, 1.165) is 18.7 Å². The quantitative estimate of drug-likeness (QED) is 0.825. The Bertz CT molecular complexity index is 321. The number of hydrogen-bond donors (Lipinski definition) is 1. The highest BCUT2D eigenvalue weighted by atomic mass is 19.1. The smallest absolute Gasteiger partial charge is 0.123 e. The monoisotopic (exact) mass is 238 g/mol. The minimum atomic E-state index is -0.182. The summed E-state index contributed by atoms with van der Waals surface area (Å²) >= 11 is 0. The van der Waals surface area contributed by atoms with Crippen molar-refractivity contribution in [3.63, 3.8) is 0 Å². The Balaban J connectivity index is 2.48. The summed E-state index contributed by atoms with van der Waals surface area (Å²) in [6.07, 6.45) is 0. The predicted molar refractivity (Wildman–Crippen MR) is 70.1 cm³/mol. The van der Waals surface area contributed by atoms with Crippen LogP contribution >= 0.6 is 0 Å². The number of nitrogens with two attached hydrogens (primary N) is 1. The van der Waals surface area contributed by atoms with Crippen LogP contribution in [0.4, 0.5) is 4.39 Å². The van der Waals surface area contributed by atoms with Crippen LogP contribution in [0.2, 0.25) is 0 Å². The average Bonchev–Trinajstić information content (AvgIpc) is 2.28. The first kappa shape index (κ1) is 14.1. The standard InChI is InChI=1S/C14H23FN2/c1-11(2)13(8-16)10-17(3)9-12-4-6-14(15)7-5-12/h4-7,11,13H,8-10,16H2,1-3H3. The van der Waals surface area contributed by atoms with E-state index < -0.39 is 0 Å². The topological polar surface area (TPSA) is 29.3 Å². The minimum Gasteiger partial charge on any atom is -0.330 e. The normalized spacial score (nSPS) is 13.4. The van der Waals surface area contributed by atoms with E-state index in [2.05, 4.69) is 25.8 Å². The Morgan fingerprint density at radius 2 is 1.82 bits per heavy atom. The second-order valence-electron chi connectivity index (χ2n) is 5.06. The van der Waals surface area contributed by atoms with Crippen LogP contribution in [-0.4, -0.2) is 25.0 Å². The van der Waals surface area contributed by atoms with Crippen molar-refractivity contribution in [3.8, 4) is 0 Å². The molecule has 1 rings (SSSR count). The Labute approximate surface area is 104 Å². The lowest BCUT2D eigenvalue weighted by Gasteiger charge is -2.25. The van der Waals surface area contributed by atoms with E-state index in [4.69, 9.17) is 5.73 Å². The molecule has 1 aromatic carbocycles. The molecule has 3 heteroatoms. The summed E-state index contributed by atoms with van der Waals surface area (Å²) < 4.78 is 12.8. The summed E-state index contributed by atoms with van der Waals surface area (Å²) in [5.41, 5.74) is 6.89. The van der Waals surface area contributed by atoms with Crippen LogP contribution < -0.4 is 5.73 Å². The van der Waals surface area contributed by atoms with Gasteiger partial charge in [0.1, 0.15) is 5.82 Å². The van der Waals surface area contributed by atoms with E-state index >= 15 is 0 Å². The maximum absolute atomic E-state index is 12.8. The van der Waals surface area contributed by atoms with Gasteiger partial charge in [-0.2, -0.15) is 0 Å². The molecule has 0 heterocycles. The molecule has 2 N–H and O–H groups in total. The maximum atomic E-state index is 12.8. The van der Waals surface area contributed by atoms with Gasteiger partial charge in [-0.3, -0.25) is 0 Å². The van der Waals surface area contributed by atoms with Crippen LogP contribution in [-0.2, 0) is 6.54 Å². The fourth-order valence-corrected chi connectivity index (χ4v) is 1.92. The summed E-state index contributed by atoms with van der Waals surface area (Å²) in [5, 5.41) is 0. The molecule has 0 saturated heterocycles. The van der Waals surface area contributed by atoms with Crippen LogP contribution in [0.5, 0.6) is 0 Å². The van der Waals surface area contributed by atoms with Gasteiger partial charge in [0.2, 0.25) is 0 Å². The minimum absolute atomic E-state index is 0.182. The summed E-state index contributed by atoms with van der Waals surface area (Å²) in [6.45, 7) is 6.92. The Morgan fingerprint density at radius 3 is 2.29 bits per heavy atom. The second-order valence-corrected chi connectivity index (χ2v) is 5.06. The van der Waals surface area contributed by atoms with Crippen molar-refractivity contribution in [2.75, 3.05) is 20.1 Å². The van der Waals surface area contributed by atoms with Crippen LogP contribution in [0.25, 0.3) is 0 Å². The van der Waals surface area contributed by atoms with Crippen molar-refractivity contribution in [3.05, 3.63) is 35.6 Å². The number of nitrogens with zero attached hydrogens (tertiary/aromatic N) is 1. The molecule has 17 heavy (non-hydrogen) atoms.